The molecule has 21 heavy (non-hydrogen) atoms. The number of aromatic nitrogens is 2. The highest BCUT2D eigenvalue weighted by atomic mass is 32.1. The van der Waals surface area contributed by atoms with Gasteiger partial charge in [-0.15, -0.1) is 11.3 Å². The van der Waals surface area contributed by atoms with Gasteiger partial charge in [0.15, 0.2) is 4.96 Å². The molecule has 2 heterocycles. The van der Waals surface area contributed by atoms with E-state index >= 15 is 0 Å². The summed E-state index contributed by atoms with van der Waals surface area (Å²) < 4.78 is 2.10. The summed E-state index contributed by atoms with van der Waals surface area (Å²) in [6, 6.07) is 0.143. The third-order valence-corrected chi connectivity index (χ3v) is 6.06. The topological polar surface area (TPSA) is 46.6 Å². The van der Waals surface area contributed by atoms with E-state index in [9.17, 15) is 0 Å². The number of nitrogens with two attached hydrogens (primary N) is 1. The quantitative estimate of drug-likeness (QED) is 0.945. The molecule has 0 spiro atoms. The van der Waals surface area contributed by atoms with E-state index in [2.05, 4.69) is 48.1 Å². The summed E-state index contributed by atoms with van der Waals surface area (Å²) in [7, 11) is 4.36. The van der Waals surface area contributed by atoms with Gasteiger partial charge in [0.25, 0.3) is 0 Å². The lowest BCUT2D eigenvalue weighted by Crippen LogP contribution is -2.59. The van der Waals surface area contributed by atoms with Crippen LogP contribution in [-0.4, -0.2) is 40.0 Å². The zero-order valence-corrected chi connectivity index (χ0v) is 14.1. The van der Waals surface area contributed by atoms with Crippen molar-refractivity contribution in [2.45, 2.75) is 50.6 Å². The maximum Gasteiger partial charge on any atom is 0.193 e. The molecule has 1 atom stereocenters. The van der Waals surface area contributed by atoms with Crippen LogP contribution in [0.4, 0.5) is 0 Å². The molecule has 2 aromatic rings. The summed E-state index contributed by atoms with van der Waals surface area (Å²) in [6.07, 6.45) is 10.0. The molecule has 5 heteroatoms. The van der Waals surface area contributed by atoms with E-state index in [-0.39, 0.29) is 11.6 Å². The molecule has 1 saturated carbocycles. The third kappa shape index (κ3) is 2.74. The number of hydrogen-bond acceptors (Lipinski definition) is 4. The second kappa shape index (κ2) is 5.71. The number of thiazole rings is 1. The average molecular weight is 306 g/mol. The van der Waals surface area contributed by atoms with Gasteiger partial charge in [-0.2, -0.15) is 0 Å². The molecule has 1 fully saturated rings. The Morgan fingerprint density at radius 2 is 2.19 bits per heavy atom. The van der Waals surface area contributed by atoms with Crippen molar-refractivity contribution in [2.24, 2.45) is 11.7 Å². The van der Waals surface area contributed by atoms with Gasteiger partial charge in [-0.3, -0.25) is 4.40 Å². The van der Waals surface area contributed by atoms with Crippen LogP contribution < -0.4 is 5.73 Å². The van der Waals surface area contributed by atoms with Crippen LogP contribution in [0.15, 0.2) is 17.8 Å². The molecule has 2 aromatic heterocycles. The van der Waals surface area contributed by atoms with Crippen LogP contribution in [0.3, 0.4) is 0 Å². The normalized spacial score (nSPS) is 28.3. The molecule has 0 amide bonds. The molecule has 3 rings (SSSR count). The van der Waals surface area contributed by atoms with E-state index in [1.807, 2.05) is 0 Å². The summed E-state index contributed by atoms with van der Waals surface area (Å²) in [5.74, 6) is 0.836. The molecule has 4 nitrogen and oxygen atoms in total. The molecule has 0 bridgehead atoms. The lowest BCUT2D eigenvalue weighted by atomic mass is 9.71. The van der Waals surface area contributed by atoms with Crippen LogP contribution in [0.25, 0.3) is 4.96 Å². The predicted molar refractivity (Wildman–Crippen MR) is 88.8 cm³/mol. The Labute approximate surface area is 131 Å². The minimum Gasteiger partial charge on any atom is -0.326 e. The first-order valence-electron chi connectivity index (χ1n) is 7.85. The van der Waals surface area contributed by atoms with E-state index in [4.69, 9.17) is 10.7 Å². The van der Waals surface area contributed by atoms with Crippen LogP contribution in [0.1, 0.15) is 38.3 Å². The van der Waals surface area contributed by atoms with Crippen molar-refractivity contribution in [3.8, 4) is 0 Å². The fourth-order valence-electron chi connectivity index (χ4n) is 3.70. The van der Waals surface area contributed by atoms with Crippen molar-refractivity contribution in [1.29, 1.82) is 0 Å². The molecule has 1 aliphatic carbocycles. The van der Waals surface area contributed by atoms with Gasteiger partial charge < -0.3 is 10.6 Å². The second-order valence-corrected chi connectivity index (χ2v) is 7.69. The molecule has 1 unspecified atom stereocenters. The van der Waals surface area contributed by atoms with Crippen LogP contribution in [0.2, 0.25) is 0 Å². The zero-order valence-electron chi connectivity index (χ0n) is 13.2. The molecular weight excluding hydrogens is 280 g/mol. The van der Waals surface area contributed by atoms with Crippen molar-refractivity contribution < 1.29 is 0 Å². The van der Waals surface area contributed by atoms with Gasteiger partial charge >= 0.3 is 0 Å². The number of nitrogens with zero attached hydrogens (tertiary/aromatic N) is 3. The molecule has 1 aliphatic rings. The molecule has 2 N–H and O–H groups in total. The van der Waals surface area contributed by atoms with Crippen LogP contribution in [0.5, 0.6) is 0 Å². The summed E-state index contributed by atoms with van der Waals surface area (Å²) in [5, 5.41) is 2.07. The van der Waals surface area contributed by atoms with Crippen LogP contribution >= 0.6 is 11.3 Å². The molecule has 0 saturated heterocycles. The fraction of sp³-hybridized carbons (Fsp3) is 0.688. The number of hydrogen-bond donors (Lipinski definition) is 1. The Morgan fingerprint density at radius 1 is 1.48 bits per heavy atom. The highest BCUT2D eigenvalue weighted by Crippen LogP contribution is 2.38. The Kier molecular flexibility index (Phi) is 4.08. The number of imidazole rings is 1. The van der Waals surface area contributed by atoms with Crippen molar-refractivity contribution in [1.82, 2.24) is 14.3 Å². The summed E-state index contributed by atoms with van der Waals surface area (Å²) >= 11 is 1.68. The smallest absolute Gasteiger partial charge is 0.193 e. The van der Waals surface area contributed by atoms with Gasteiger partial charge in [-0.1, -0.05) is 6.92 Å². The zero-order chi connectivity index (χ0) is 15.0. The van der Waals surface area contributed by atoms with Crippen molar-refractivity contribution in [3.63, 3.8) is 0 Å². The van der Waals surface area contributed by atoms with Crippen molar-refractivity contribution in [2.75, 3.05) is 14.1 Å². The molecule has 0 radical (unpaired) electrons. The van der Waals surface area contributed by atoms with E-state index in [1.54, 1.807) is 11.3 Å². The fourth-order valence-corrected chi connectivity index (χ4v) is 4.42. The monoisotopic (exact) mass is 306 g/mol. The van der Waals surface area contributed by atoms with Crippen LogP contribution in [-0.2, 0) is 6.42 Å². The van der Waals surface area contributed by atoms with Gasteiger partial charge in [0, 0.05) is 35.8 Å². The first-order chi connectivity index (χ1) is 10.0. The lowest BCUT2D eigenvalue weighted by Gasteiger charge is -2.48. The summed E-state index contributed by atoms with van der Waals surface area (Å²) in [4.78, 5) is 8.12. The highest BCUT2D eigenvalue weighted by molar-refractivity contribution is 7.15. The summed E-state index contributed by atoms with van der Waals surface area (Å²) in [5.41, 5.74) is 7.91. The van der Waals surface area contributed by atoms with E-state index in [0.717, 1.165) is 23.0 Å². The van der Waals surface area contributed by atoms with Gasteiger partial charge in [-0.25, -0.2) is 4.98 Å². The lowest BCUT2D eigenvalue weighted by molar-refractivity contribution is 0.0566. The highest BCUT2D eigenvalue weighted by Gasteiger charge is 2.41. The number of rotatable bonds is 4. The molecule has 0 aliphatic heterocycles. The number of fused-ring (bicyclic) bond motifs is 1. The Morgan fingerprint density at radius 3 is 2.81 bits per heavy atom. The molecule has 0 aromatic carbocycles. The number of likely N-dealkylation sites (N-methyl/N-ethyl adjacent to an activating group) is 1. The van der Waals surface area contributed by atoms with Crippen molar-refractivity contribution >= 4 is 16.3 Å². The predicted octanol–water partition coefficient (Wildman–Crippen LogP) is 2.78. The second-order valence-electron chi connectivity index (χ2n) is 6.82. The Balaban J connectivity index is 1.78. The summed E-state index contributed by atoms with van der Waals surface area (Å²) in [6.45, 7) is 2.36. The largest absolute Gasteiger partial charge is 0.326 e. The van der Waals surface area contributed by atoms with Gasteiger partial charge in [0.2, 0.25) is 0 Å². The first kappa shape index (κ1) is 15.0. The maximum atomic E-state index is 6.66. The van der Waals surface area contributed by atoms with Crippen LogP contribution in [0, 0.1) is 5.92 Å². The Bertz CT molecular complexity index is 564. The Hall–Kier alpha value is -0.910. The first-order valence-corrected chi connectivity index (χ1v) is 8.73. The SMILES string of the molecule is CC1CCC(C(N)Cc2cn3ccsc3n2)(N(C)C)CC1. The minimum absolute atomic E-state index is 0.129. The van der Waals surface area contributed by atoms with Gasteiger partial charge in [0.05, 0.1) is 5.69 Å². The third-order valence-electron chi connectivity index (χ3n) is 5.29. The maximum absolute atomic E-state index is 6.66. The molecular formula is C16H26N4S. The van der Waals surface area contributed by atoms with E-state index < -0.39 is 0 Å². The van der Waals surface area contributed by atoms with Gasteiger partial charge in [0.1, 0.15) is 0 Å². The molecule has 116 valence electrons. The average Bonchev–Trinajstić information content (AvgIpc) is 3.00. The van der Waals surface area contributed by atoms with Gasteiger partial charge in [-0.05, 0) is 45.7 Å². The van der Waals surface area contributed by atoms with E-state index in [0.29, 0.717) is 0 Å². The van der Waals surface area contributed by atoms with Crippen molar-refractivity contribution in [3.05, 3.63) is 23.5 Å². The standard InChI is InChI=1S/C16H26N4S/c1-12-4-6-16(7-5-12,19(2)3)14(17)10-13-11-20-8-9-21-15(20)18-13/h8-9,11-12,14H,4-7,10,17H2,1-3H3. The van der Waals surface area contributed by atoms with E-state index in [1.165, 1.54) is 25.7 Å². The minimum atomic E-state index is 0.129.